The van der Waals surface area contributed by atoms with E-state index in [0.717, 1.165) is 12.8 Å². The van der Waals surface area contributed by atoms with Gasteiger partial charge < -0.3 is 5.11 Å². The van der Waals surface area contributed by atoms with E-state index in [9.17, 15) is 18.3 Å². The van der Waals surface area contributed by atoms with E-state index in [1.165, 1.54) is 8.61 Å². The first-order valence-corrected chi connectivity index (χ1v) is 8.08. The van der Waals surface area contributed by atoms with Crippen molar-refractivity contribution >= 4 is 16.2 Å². The fraction of sp³-hybridized carbons (Fsp3) is 0.917. The predicted octanol–water partition coefficient (Wildman–Crippen LogP) is 0.758. The largest absolute Gasteiger partial charge is 0.481 e. The van der Waals surface area contributed by atoms with Gasteiger partial charge in [0, 0.05) is 26.2 Å². The molecule has 1 saturated carbocycles. The molecule has 0 aromatic carbocycles. The summed E-state index contributed by atoms with van der Waals surface area (Å²) in [4.78, 5) is 11.5. The number of nitrogens with zero attached hydrogens (tertiary/aromatic N) is 2. The number of aliphatic carboxylic acids is 1. The van der Waals surface area contributed by atoms with Gasteiger partial charge in [-0.3, -0.25) is 4.79 Å². The van der Waals surface area contributed by atoms with Gasteiger partial charge in [-0.25, -0.2) is 0 Å². The topological polar surface area (TPSA) is 77.9 Å². The Hall–Kier alpha value is -0.660. The molecule has 0 aromatic rings. The van der Waals surface area contributed by atoms with Crippen molar-refractivity contribution in [3.63, 3.8) is 0 Å². The fourth-order valence-electron chi connectivity index (χ4n) is 3.22. The molecule has 0 unspecified atom stereocenters. The summed E-state index contributed by atoms with van der Waals surface area (Å²) in [5, 5.41) is 9.47. The highest BCUT2D eigenvalue weighted by molar-refractivity contribution is 7.86. The molecule has 1 N–H and O–H groups in total. The zero-order valence-corrected chi connectivity index (χ0v) is 12.5. The summed E-state index contributed by atoms with van der Waals surface area (Å²) in [7, 11) is -2.01. The first-order chi connectivity index (χ1) is 8.71. The Labute approximate surface area is 114 Å². The molecular weight excluding hydrogens is 268 g/mol. The zero-order valence-electron chi connectivity index (χ0n) is 11.7. The SMILES string of the molecule is CC(C)N(C)S(=O)(=O)N1C[C@@H]2CCC[C@@]2(C(=O)O)C1. The van der Waals surface area contributed by atoms with Crippen molar-refractivity contribution < 1.29 is 18.3 Å². The highest BCUT2D eigenvalue weighted by Gasteiger charge is 2.57. The van der Waals surface area contributed by atoms with Crippen LogP contribution in [0.1, 0.15) is 33.1 Å². The maximum Gasteiger partial charge on any atom is 0.311 e. The summed E-state index contributed by atoms with van der Waals surface area (Å²) < 4.78 is 27.5. The summed E-state index contributed by atoms with van der Waals surface area (Å²) in [6.07, 6.45) is 2.28. The molecule has 110 valence electrons. The van der Waals surface area contributed by atoms with Gasteiger partial charge in [-0.2, -0.15) is 17.0 Å². The van der Waals surface area contributed by atoms with E-state index >= 15 is 0 Å². The molecule has 1 heterocycles. The molecule has 1 aliphatic carbocycles. The quantitative estimate of drug-likeness (QED) is 0.829. The van der Waals surface area contributed by atoms with Crippen LogP contribution in [0.4, 0.5) is 0 Å². The van der Waals surface area contributed by atoms with E-state index < -0.39 is 21.6 Å². The van der Waals surface area contributed by atoms with Gasteiger partial charge in [-0.05, 0) is 32.6 Å². The standard InChI is InChI=1S/C12H22N2O4S/c1-9(2)13(3)19(17,18)14-7-10-5-4-6-12(10,8-14)11(15)16/h9-10H,4-8H2,1-3H3,(H,15,16)/t10-,12+/m0/s1. The average molecular weight is 290 g/mol. The summed E-state index contributed by atoms with van der Waals surface area (Å²) in [5.41, 5.74) is -0.856. The van der Waals surface area contributed by atoms with Gasteiger partial charge in [0.15, 0.2) is 0 Å². The first-order valence-electron chi connectivity index (χ1n) is 6.68. The van der Waals surface area contributed by atoms with Crippen LogP contribution in [0.3, 0.4) is 0 Å². The van der Waals surface area contributed by atoms with Crippen LogP contribution in [0.5, 0.6) is 0 Å². The Kier molecular flexibility index (Phi) is 3.66. The molecule has 2 atom stereocenters. The zero-order chi connectivity index (χ0) is 14.4. The van der Waals surface area contributed by atoms with Gasteiger partial charge in [-0.1, -0.05) is 6.42 Å². The van der Waals surface area contributed by atoms with E-state index in [-0.39, 0.29) is 18.5 Å². The van der Waals surface area contributed by atoms with E-state index in [0.29, 0.717) is 13.0 Å². The van der Waals surface area contributed by atoms with Gasteiger partial charge in [0.25, 0.3) is 10.2 Å². The monoisotopic (exact) mass is 290 g/mol. The molecule has 0 spiro atoms. The molecule has 2 fully saturated rings. The lowest BCUT2D eigenvalue weighted by Crippen LogP contribution is -2.45. The van der Waals surface area contributed by atoms with Gasteiger partial charge in [0.1, 0.15) is 0 Å². The van der Waals surface area contributed by atoms with Crippen LogP contribution in [0.25, 0.3) is 0 Å². The van der Waals surface area contributed by atoms with E-state index in [1.54, 1.807) is 20.9 Å². The molecule has 0 bridgehead atoms. The number of carbonyl (C=O) groups is 1. The number of rotatable bonds is 4. The molecule has 0 aromatic heterocycles. The minimum atomic E-state index is -3.55. The lowest BCUT2D eigenvalue weighted by molar-refractivity contribution is -0.149. The lowest BCUT2D eigenvalue weighted by atomic mass is 9.81. The first kappa shape index (κ1) is 14.7. The molecule has 7 heteroatoms. The van der Waals surface area contributed by atoms with Crippen molar-refractivity contribution in [3.8, 4) is 0 Å². The van der Waals surface area contributed by atoms with Crippen molar-refractivity contribution in [2.24, 2.45) is 11.3 Å². The van der Waals surface area contributed by atoms with Crippen molar-refractivity contribution in [2.45, 2.75) is 39.2 Å². The molecular formula is C12H22N2O4S. The number of carboxylic acids is 1. The Bertz CT molecular complexity index is 476. The number of hydrogen-bond acceptors (Lipinski definition) is 3. The van der Waals surface area contributed by atoms with Crippen LogP contribution in [0.15, 0.2) is 0 Å². The van der Waals surface area contributed by atoms with Crippen molar-refractivity contribution in [1.82, 2.24) is 8.61 Å². The number of hydrogen-bond donors (Lipinski definition) is 1. The lowest BCUT2D eigenvalue weighted by Gasteiger charge is -2.28. The van der Waals surface area contributed by atoms with Crippen LogP contribution in [-0.4, -0.2) is 54.3 Å². The predicted molar refractivity (Wildman–Crippen MR) is 70.8 cm³/mol. The molecule has 2 rings (SSSR count). The fourth-order valence-corrected chi connectivity index (χ4v) is 4.88. The Morgan fingerprint density at radius 3 is 2.58 bits per heavy atom. The molecule has 1 saturated heterocycles. The van der Waals surface area contributed by atoms with E-state index in [2.05, 4.69) is 0 Å². The highest BCUT2D eigenvalue weighted by atomic mass is 32.2. The second-order valence-electron chi connectivity index (χ2n) is 5.96. The third-order valence-electron chi connectivity index (χ3n) is 4.68. The summed E-state index contributed by atoms with van der Waals surface area (Å²) in [6, 6.07) is -0.133. The minimum absolute atomic E-state index is 0.0414. The molecule has 0 amide bonds. The third-order valence-corrected chi connectivity index (χ3v) is 6.76. The summed E-state index contributed by atoms with van der Waals surface area (Å²) in [5.74, 6) is -0.889. The molecule has 6 nitrogen and oxygen atoms in total. The second-order valence-corrected chi connectivity index (χ2v) is 7.95. The summed E-state index contributed by atoms with van der Waals surface area (Å²) >= 11 is 0. The smallest absolute Gasteiger partial charge is 0.311 e. The van der Waals surface area contributed by atoms with Crippen LogP contribution < -0.4 is 0 Å². The minimum Gasteiger partial charge on any atom is -0.481 e. The van der Waals surface area contributed by atoms with Gasteiger partial charge >= 0.3 is 5.97 Å². The van der Waals surface area contributed by atoms with Crippen LogP contribution >= 0.6 is 0 Å². The molecule has 19 heavy (non-hydrogen) atoms. The van der Waals surface area contributed by atoms with E-state index in [1.807, 2.05) is 0 Å². The second kappa shape index (κ2) is 4.71. The van der Waals surface area contributed by atoms with E-state index in [4.69, 9.17) is 0 Å². The third kappa shape index (κ3) is 2.17. The molecule has 2 aliphatic rings. The van der Waals surface area contributed by atoms with Gasteiger partial charge in [-0.15, -0.1) is 0 Å². The van der Waals surface area contributed by atoms with Crippen LogP contribution in [0.2, 0.25) is 0 Å². The van der Waals surface area contributed by atoms with Crippen molar-refractivity contribution in [2.75, 3.05) is 20.1 Å². The number of carboxylic acid groups (broad SMARTS) is 1. The van der Waals surface area contributed by atoms with Crippen LogP contribution in [0, 0.1) is 11.3 Å². The average Bonchev–Trinajstić information content (AvgIpc) is 2.84. The molecule has 1 aliphatic heterocycles. The maximum absolute atomic E-state index is 12.4. The normalized spacial score (nSPS) is 32.2. The Balaban J connectivity index is 2.25. The van der Waals surface area contributed by atoms with Crippen molar-refractivity contribution in [3.05, 3.63) is 0 Å². The Morgan fingerprint density at radius 1 is 1.47 bits per heavy atom. The van der Waals surface area contributed by atoms with Gasteiger partial charge in [0.05, 0.1) is 5.41 Å². The highest BCUT2D eigenvalue weighted by Crippen LogP contribution is 2.49. The Morgan fingerprint density at radius 2 is 2.11 bits per heavy atom. The number of fused-ring (bicyclic) bond motifs is 1. The van der Waals surface area contributed by atoms with Crippen molar-refractivity contribution in [1.29, 1.82) is 0 Å². The summed E-state index contributed by atoms with van der Waals surface area (Å²) in [6.45, 7) is 4.07. The maximum atomic E-state index is 12.4. The van der Waals surface area contributed by atoms with Gasteiger partial charge in [0.2, 0.25) is 0 Å². The van der Waals surface area contributed by atoms with Crippen LogP contribution in [-0.2, 0) is 15.0 Å². The molecule has 0 radical (unpaired) electrons.